The molecule has 3 heteroatoms. The van der Waals surface area contributed by atoms with E-state index < -0.39 is 0 Å². The van der Waals surface area contributed by atoms with Gasteiger partial charge in [-0.3, -0.25) is 4.79 Å². The van der Waals surface area contributed by atoms with E-state index in [2.05, 4.69) is 0 Å². The highest BCUT2D eigenvalue weighted by molar-refractivity contribution is 5.76. The Balaban J connectivity index is 1.88. The Kier molecular flexibility index (Phi) is 4.88. The van der Waals surface area contributed by atoms with Crippen LogP contribution in [0.25, 0.3) is 0 Å². The van der Waals surface area contributed by atoms with Gasteiger partial charge in [-0.1, -0.05) is 48.5 Å². The summed E-state index contributed by atoms with van der Waals surface area (Å²) in [4.78, 5) is 13.6. The van der Waals surface area contributed by atoms with Gasteiger partial charge in [0.25, 0.3) is 0 Å². The maximum absolute atomic E-state index is 13.5. The zero-order valence-electron chi connectivity index (χ0n) is 11.6. The third kappa shape index (κ3) is 3.92. The van der Waals surface area contributed by atoms with Crippen molar-refractivity contribution in [3.05, 3.63) is 71.5 Å². The number of benzene rings is 2. The fourth-order valence-electron chi connectivity index (χ4n) is 2.06. The van der Waals surface area contributed by atoms with Gasteiger partial charge in [-0.2, -0.15) is 0 Å². The molecule has 0 N–H and O–H groups in total. The smallest absolute Gasteiger partial charge is 0.222 e. The van der Waals surface area contributed by atoms with Gasteiger partial charge in [0.2, 0.25) is 5.91 Å². The highest BCUT2D eigenvalue weighted by Crippen LogP contribution is 2.10. The van der Waals surface area contributed by atoms with Crippen molar-refractivity contribution in [2.24, 2.45) is 0 Å². The molecule has 0 fully saturated rings. The molecule has 2 aromatic carbocycles. The zero-order chi connectivity index (χ0) is 14.4. The molecule has 0 saturated carbocycles. The molecule has 104 valence electrons. The first-order valence-corrected chi connectivity index (χ1v) is 6.68. The van der Waals surface area contributed by atoms with Crippen molar-refractivity contribution in [2.75, 3.05) is 7.05 Å². The van der Waals surface area contributed by atoms with Crippen molar-refractivity contribution in [1.82, 2.24) is 4.90 Å². The van der Waals surface area contributed by atoms with Crippen molar-refractivity contribution < 1.29 is 9.18 Å². The second kappa shape index (κ2) is 6.85. The highest BCUT2D eigenvalue weighted by Gasteiger charge is 2.11. The number of nitrogens with zero attached hydrogens (tertiary/aromatic N) is 1. The van der Waals surface area contributed by atoms with Gasteiger partial charge >= 0.3 is 0 Å². The summed E-state index contributed by atoms with van der Waals surface area (Å²) in [7, 11) is 1.71. The van der Waals surface area contributed by atoms with E-state index in [-0.39, 0.29) is 11.7 Å². The van der Waals surface area contributed by atoms with Crippen LogP contribution >= 0.6 is 0 Å². The lowest BCUT2D eigenvalue weighted by molar-refractivity contribution is -0.130. The number of hydrogen-bond donors (Lipinski definition) is 0. The number of carbonyl (C=O) groups is 1. The summed E-state index contributed by atoms with van der Waals surface area (Å²) in [6, 6.07) is 16.4. The van der Waals surface area contributed by atoms with Crippen molar-refractivity contribution in [3.8, 4) is 0 Å². The van der Waals surface area contributed by atoms with Gasteiger partial charge in [0.15, 0.2) is 0 Å². The first-order chi connectivity index (χ1) is 9.66. The average Bonchev–Trinajstić information content (AvgIpc) is 2.48. The minimum Gasteiger partial charge on any atom is -0.341 e. The normalized spacial score (nSPS) is 10.3. The molecule has 0 atom stereocenters. The molecule has 20 heavy (non-hydrogen) atoms. The van der Waals surface area contributed by atoms with Gasteiger partial charge in [0, 0.05) is 25.6 Å². The molecule has 0 aliphatic carbocycles. The molecule has 2 nitrogen and oxygen atoms in total. The molecule has 0 aliphatic heterocycles. The lowest BCUT2D eigenvalue weighted by Gasteiger charge is -2.17. The largest absolute Gasteiger partial charge is 0.341 e. The van der Waals surface area contributed by atoms with Crippen LogP contribution in [0.2, 0.25) is 0 Å². The van der Waals surface area contributed by atoms with Crippen LogP contribution in [0.1, 0.15) is 17.5 Å². The van der Waals surface area contributed by atoms with E-state index in [0.29, 0.717) is 24.9 Å². The molecule has 0 bridgehead atoms. The Labute approximate surface area is 118 Å². The fourth-order valence-corrected chi connectivity index (χ4v) is 2.06. The minimum atomic E-state index is -0.268. The number of aryl methyl sites for hydroxylation is 1. The predicted molar refractivity (Wildman–Crippen MR) is 77.6 cm³/mol. The monoisotopic (exact) mass is 271 g/mol. The average molecular weight is 271 g/mol. The standard InChI is InChI=1S/C17H18FNO/c1-19(13-15-9-5-6-10-16(15)18)17(20)12-11-14-7-3-2-4-8-14/h2-10H,11-13H2,1H3. The van der Waals surface area contributed by atoms with E-state index in [1.165, 1.54) is 6.07 Å². The molecule has 0 radical (unpaired) electrons. The molecule has 0 aromatic heterocycles. The second-order valence-corrected chi connectivity index (χ2v) is 4.83. The third-order valence-corrected chi connectivity index (χ3v) is 3.26. The summed E-state index contributed by atoms with van der Waals surface area (Å²) in [6.45, 7) is 0.306. The van der Waals surface area contributed by atoms with Crippen molar-refractivity contribution in [1.29, 1.82) is 0 Å². The lowest BCUT2D eigenvalue weighted by atomic mass is 10.1. The Bertz CT molecular complexity index is 568. The Hall–Kier alpha value is -2.16. The fraction of sp³-hybridized carbons (Fsp3) is 0.235. The number of carbonyl (C=O) groups excluding carboxylic acids is 1. The first kappa shape index (κ1) is 14.3. The van der Waals surface area contributed by atoms with E-state index >= 15 is 0 Å². The zero-order valence-corrected chi connectivity index (χ0v) is 11.6. The molecule has 0 aliphatic rings. The summed E-state index contributed by atoms with van der Waals surface area (Å²) >= 11 is 0. The van der Waals surface area contributed by atoms with Gasteiger partial charge in [-0.25, -0.2) is 4.39 Å². The molecule has 0 heterocycles. The third-order valence-electron chi connectivity index (χ3n) is 3.26. The van der Waals surface area contributed by atoms with Crippen LogP contribution in [0.3, 0.4) is 0 Å². The van der Waals surface area contributed by atoms with E-state index in [1.54, 1.807) is 30.1 Å². The maximum atomic E-state index is 13.5. The van der Waals surface area contributed by atoms with Gasteiger partial charge in [0.1, 0.15) is 5.82 Å². The van der Waals surface area contributed by atoms with E-state index in [1.807, 2.05) is 30.3 Å². The molecule has 2 rings (SSSR count). The van der Waals surface area contributed by atoms with Crippen LogP contribution in [-0.4, -0.2) is 17.9 Å². The van der Waals surface area contributed by atoms with Gasteiger partial charge in [0.05, 0.1) is 0 Å². The van der Waals surface area contributed by atoms with Crippen LogP contribution in [0.5, 0.6) is 0 Å². The maximum Gasteiger partial charge on any atom is 0.222 e. The number of hydrogen-bond acceptors (Lipinski definition) is 1. The quantitative estimate of drug-likeness (QED) is 0.816. The summed E-state index contributed by atoms with van der Waals surface area (Å²) in [5.74, 6) is -0.243. The van der Waals surface area contributed by atoms with Crippen molar-refractivity contribution >= 4 is 5.91 Å². The summed E-state index contributed by atoms with van der Waals surface area (Å²) < 4.78 is 13.5. The molecular formula is C17H18FNO. The lowest BCUT2D eigenvalue weighted by Crippen LogP contribution is -2.26. The first-order valence-electron chi connectivity index (χ1n) is 6.68. The molecule has 0 saturated heterocycles. The van der Waals surface area contributed by atoms with Crippen LogP contribution in [0, 0.1) is 5.82 Å². The summed E-state index contributed by atoms with van der Waals surface area (Å²) in [6.07, 6.45) is 1.15. The molecule has 1 amide bonds. The Morgan fingerprint density at radius 2 is 1.70 bits per heavy atom. The van der Waals surface area contributed by atoms with Crippen molar-refractivity contribution in [2.45, 2.75) is 19.4 Å². The summed E-state index contributed by atoms with van der Waals surface area (Å²) in [5, 5.41) is 0. The molecule has 0 spiro atoms. The van der Waals surface area contributed by atoms with Crippen LogP contribution in [0.15, 0.2) is 54.6 Å². The number of amides is 1. The SMILES string of the molecule is CN(Cc1ccccc1F)C(=O)CCc1ccccc1. The van der Waals surface area contributed by atoms with E-state index in [4.69, 9.17) is 0 Å². The van der Waals surface area contributed by atoms with Gasteiger partial charge < -0.3 is 4.90 Å². The number of halogens is 1. The van der Waals surface area contributed by atoms with E-state index in [9.17, 15) is 9.18 Å². The molecule has 2 aromatic rings. The Morgan fingerprint density at radius 3 is 2.40 bits per heavy atom. The molecular weight excluding hydrogens is 253 g/mol. The van der Waals surface area contributed by atoms with Gasteiger partial charge in [-0.05, 0) is 18.1 Å². The van der Waals surface area contributed by atoms with Crippen molar-refractivity contribution in [3.63, 3.8) is 0 Å². The van der Waals surface area contributed by atoms with Gasteiger partial charge in [-0.15, -0.1) is 0 Å². The summed E-state index contributed by atoms with van der Waals surface area (Å²) in [5.41, 5.74) is 1.68. The highest BCUT2D eigenvalue weighted by atomic mass is 19.1. The Morgan fingerprint density at radius 1 is 1.05 bits per heavy atom. The topological polar surface area (TPSA) is 20.3 Å². The van der Waals surface area contributed by atoms with Crippen LogP contribution in [0.4, 0.5) is 4.39 Å². The van der Waals surface area contributed by atoms with Crippen LogP contribution < -0.4 is 0 Å². The number of rotatable bonds is 5. The predicted octanol–water partition coefficient (Wildman–Crippen LogP) is 3.42. The van der Waals surface area contributed by atoms with E-state index in [0.717, 1.165) is 5.56 Å². The van der Waals surface area contributed by atoms with Crippen LogP contribution in [-0.2, 0) is 17.8 Å². The minimum absolute atomic E-state index is 0.0251. The molecule has 0 unspecified atom stereocenters. The second-order valence-electron chi connectivity index (χ2n) is 4.83.